The number of aromatic nitrogens is 2. The van der Waals surface area contributed by atoms with E-state index in [0.29, 0.717) is 15.8 Å². The highest BCUT2D eigenvalue weighted by Gasteiger charge is 2.13. The molecule has 0 N–H and O–H groups in total. The van der Waals surface area contributed by atoms with Crippen molar-refractivity contribution in [3.05, 3.63) is 34.1 Å². The minimum absolute atomic E-state index is 0.00855. The highest BCUT2D eigenvalue weighted by Crippen LogP contribution is 2.28. The number of aliphatic carboxylic acids is 1. The van der Waals surface area contributed by atoms with Gasteiger partial charge in [0.05, 0.1) is 16.2 Å². The number of carbonyl (C=O) groups is 1. The summed E-state index contributed by atoms with van der Waals surface area (Å²) in [7, 11) is 0. The van der Waals surface area contributed by atoms with Gasteiger partial charge in [0.1, 0.15) is 5.75 Å². The zero-order valence-electron chi connectivity index (χ0n) is 10.7. The maximum Gasteiger partial charge on any atom is 0.277 e. The van der Waals surface area contributed by atoms with Gasteiger partial charge in [-0.25, -0.2) is 0 Å². The summed E-state index contributed by atoms with van der Waals surface area (Å²) >= 11 is 12.6. The predicted octanol–water partition coefficient (Wildman–Crippen LogP) is 2.19. The second-order valence-corrected chi connectivity index (χ2v) is 6.04. The van der Waals surface area contributed by atoms with E-state index in [1.807, 2.05) is 0 Å². The molecular weight excluding hydrogens is 339 g/mol. The third kappa shape index (κ3) is 4.52. The Bertz CT molecular complexity index is 650. The monoisotopic (exact) mass is 347 g/mol. The van der Waals surface area contributed by atoms with Gasteiger partial charge >= 0.3 is 0 Å². The van der Waals surface area contributed by atoms with Crippen LogP contribution >= 0.6 is 35.0 Å². The van der Waals surface area contributed by atoms with E-state index < -0.39 is 11.2 Å². The van der Waals surface area contributed by atoms with Gasteiger partial charge < -0.3 is 19.1 Å². The van der Waals surface area contributed by atoms with E-state index in [1.165, 1.54) is 6.92 Å². The fraction of sp³-hybridized carbons (Fsp3) is 0.250. The van der Waals surface area contributed by atoms with Crippen LogP contribution in [0.2, 0.25) is 10.0 Å². The molecule has 21 heavy (non-hydrogen) atoms. The van der Waals surface area contributed by atoms with Gasteiger partial charge in [0.25, 0.3) is 11.1 Å². The van der Waals surface area contributed by atoms with Crippen LogP contribution in [0.1, 0.15) is 12.8 Å². The van der Waals surface area contributed by atoms with E-state index in [2.05, 4.69) is 10.2 Å². The van der Waals surface area contributed by atoms with Gasteiger partial charge in [-0.2, -0.15) is 0 Å². The maximum atomic E-state index is 10.6. The molecule has 0 radical (unpaired) electrons. The van der Waals surface area contributed by atoms with Crippen molar-refractivity contribution >= 4 is 40.9 Å². The van der Waals surface area contributed by atoms with Crippen LogP contribution in [0.25, 0.3) is 0 Å². The van der Waals surface area contributed by atoms with Crippen molar-refractivity contribution in [2.75, 3.05) is 0 Å². The SMILES string of the molecule is C[C@H](Sc1nnc(COc2ccc(Cl)cc2Cl)o1)C(=O)[O-]. The van der Waals surface area contributed by atoms with Crippen LogP contribution in [0.5, 0.6) is 5.75 Å². The number of halogens is 2. The molecule has 0 fully saturated rings. The predicted molar refractivity (Wildman–Crippen MR) is 75.4 cm³/mol. The molecule has 1 aromatic carbocycles. The zero-order valence-corrected chi connectivity index (χ0v) is 13.0. The Kier molecular flexibility index (Phi) is 5.33. The number of carboxylic acids is 1. The quantitative estimate of drug-likeness (QED) is 0.739. The molecule has 0 aliphatic heterocycles. The van der Waals surface area contributed by atoms with E-state index in [9.17, 15) is 9.90 Å². The van der Waals surface area contributed by atoms with Crippen LogP contribution < -0.4 is 9.84 Å². The summed E-state index contributed by atoms with van der Waals surface area (Å²) in [6.07, 6.45) is 0. The Labute approximate surface area is 134 Å². The average Bonchev–Trinajstić information content (AvgIpc) is 2.85. The van der Waals surface area contributed by atoms with Gasteiger partial charge in [0.2, 0.25) is 0 Å². The van der Waals surface area contributed by atoms with E-state index in [-0.39, 0.29) is 17.7 Å². The largest absolute Gasteiger partial charge is 0.549 e. The normalized spacial score (nSPS) is 12.1. The molecule has 0 aliphatic rings. The minimum Gasteiger partial charge on any atom is -0.549 e. The third-order valence-corrected chi connectivity index (χ3v) is 3.75. The van der Waals surface area contributed by atoms with Crippen LogP contribution in [0.15, 0.2) is 27.8 Å². The summed E-state index contributed by atoms with van der Waals surface area (Å²) in [6, 6.07) is 4.81. The Hall–Kier alpha value is -1.44. The van der Waals surface area contributed by atoms with Gasteiger partial charge in [0.15, 0.2) is 6.61 Å². The number of hydrogen-bond acceptors (Lipinski definition) is 7. The van der Waals surface area contributed by atoms with Crippen molar-refractivity contribution in [1.82, 2.24) is 10.2 Å². The second kappa shape index (κ2) is 7.02. The third-order valence-electron chi connectivity index (χ3n) is 2.30. The number of carbonyl (C=O) groups excluding carboxylic acids is 1. The number of ether oxygens (including phenoxy) is 1. The van der Waals surface area contributed by atoms with E-state index in [0.717, 1.165) is 11.8 Å². The molecule has 6 nitrogen and oxygen atoms in total. The van der Waals surface area contributed by atoms with Crippen LogP contribution in [-0.2, 0) is 11.4 Å². The molecule has 112 valence electrons. The first-order chi connectivity index (χ1) is 9.95. The molecule has 0 unspecified atom stereocenters. The van der Waals surface area contributed by atoms with E-state index >= 15 is 0 Å². The minimum atomic E-state index is -1.20. The zero-order chi connectivity index (χ0) is 15.4. The number of hydrogen-bond donors (Lipinski definition) is 0. The summed E-state index contributed by atoms with van der Waals surface area (Å²) in [6.45, 7) is 1.47. The first-order valence-electron chi connectivity index (χ1n) is 5.73. The van der Waals surface area contributed by atoms with Crippen LogP contribution in [-0.4, -0.2) is 21.4 Å². The van der Waals surface area contributed by atoms with Crippen LogP contribution in [0.3, 0.4) is 0 Å². The lowest BCUT2D eigenvalue weighted by atomic mass is 10.3. The Balaban J connectivity index is 1.95. The molecule has 1 atom stereocenters. The van der Waals surface area contributed by atoms with Crippen molar-refractivity contribution in [1.29, 1.82) is 0 Å². The van der Waals surface area contributed by atoms with Crippen LogP contribution in [0, 0.1) is 0 Å². The lowest BCUT2D eigenvalue weighted by molar-refractivity contribution is -0.304. The summed E-state index contributed by atoms with van der Waals surface area (Å²) < 4.78 is 10.7. The van der Waals surface area contributed by atoms with E-state index in [1.54, 1.807) is 18.2 Å². The summed E-state index contributed by atoms with van der Waals surface area (Å²) in [4.78, 5) is 10.6. The van der Waals surface area contributed by atoms with Crippen molar-refractivity contribution in [3.63, 3.8) is 0 Å². The van der Waals surface area contributed by atoms with Crippen molar-refractivity contribution in [3.8, 4) is 5.75 Å². The summed E-state index contributed by atoms with van der Waals surface area (Å²) in [5, 5.41) is 18.3. The molecule has 0 aliphatic carbocycles. The lowest BCUT2D eigenvalue weighted by Gasteiger charge is -2.07. The van der Waals surface area contributed by atoms with Gasteiger partial charge in [-0.05, 0) is 25.1 Å². The Morgan fingerprint density at radius 2 is 2.24 bits per heavy atom. The number of benzene rings is 1. The molecule has 0 bridgehead atoms. The number of thioether (sulfide) groups is 1. The molecule has 0 saturated heterocycles. The maximum absolute atomic E-state index is 10.6. The smallest absolute Gasteiger partial charge is 0.277 e. The molecule has 9 heteroatoms. The Morgan fingerprint density at radius 1 is 1.48 bits per heavy atom. The summed E-state index contributed by atoms with van der Waals surface area (Å²) in [5.74, 6) is -0.574. The topological polar surface area (TPSA) is 88.3 Å². The van der Waals surface area contributed by atoms with E-state index in [4.69, 9.17) is 32.4 Å². The van der Waals surface area contributed by atoms with Gasteiger partial charge in [-0.15, -0.1) is 10.2 Å². The standard InChI is InChI=1S/C12H10Cl2N2O4S/c1-6(11(17)18)21-12-16-15-10(20-12)5-19-9-3-2-7(13)4-8(9)14/h2-4,6H,5H2,1H3,(H,17,18)/p-1/t6-/m0/s1. The van der Waals surface area contributed by atoms with Crippen LogP contribution in [0.4, 0.5) is 0 Å². The average molecular weight is 348 g/mol. The van der Waals surface area contributed by atoms with Gasteiger partial charge in [-0.3, -0.25) is 0 Å². The number of nitrogens with zero attached hydrogens (tertiary/aromatic N) is 2. The van der Waals surface area contributed by atoms with Crippen molar-refractivity contribution < 1.29 is 19.1 Å². The van der Waals surface area contributed by atoms with Crippen molar-refractivity contribution in [2.45, 2.75) is 24.0 Å². The number of rotatable bonds is 6. The fourth-order valence-electron chi connectivity index (χ4n) is 1.28. The van der Waals surface area contributed by atoms with Crippen molar-refractivity contribution in [2.24, 2.45) is 0 Å². The molecule has 0 amide bonds. The van der Waals surface area contributed by atoms with Gasteiger partial charge in [-0.1, -0.05) is 35.0 Å². The molecular formula is C12H9Cl2N2O4S-. The second-order valence-electron chi connectivity index (χ2n) is 3.90. The highest BCUT2D eigenvalue weighted by atomic mass is 35.5. The molecule has 1 heterocycles. The molecule has 2 aromatic rings. The fourth-order valence-corrected chi connectivity index (χ4v) is 2.37. The summed E-state index contributed by atoms with van der Waals surface area (Å²) in [5.41, 5.74) is 0. The first kappa shape index (κ1) is 15.9. The number of carboxylic acid groups (broad SMARTS) is 1. The molecule has 0 saturated carbocycles. The first-order valence-corrected chi connectivity index (χ1v) is 7.37. The molecule has 1 aromatic heterocycles. The lowest BCUT2D eigenvalue weighted by Crippen LogP contribution is -2.31. The highest BCUT2D eigenvalue weighted by molar-refractivity contribution is 8.00. The molecule has 0 spiro atoms. The van der Waals surface area contributed by atoms with Gasteiger partial charge in [0, 0.05) is 5.02 Å². The Morgan fingerprint density at radius 3 is 2.90 bits per heavy atom. The molecule has 2 rings (SSSR count).